The standard InChI is InChI=1S/C28H31Cl2N3O4S/c1-19(2)31-28(35)21(4)32(17-22-8-10-23(29)11-9-22)27(34)18-33(25-7-5-6-20(3)16-25)38(36,37)26-14-12-24(30)13-15-26/h5-16,19,21H,17-18H2,1-4H3,(H,31,35)/t21-/m1/s1. The molecular formula is C28H31Cl2N3O4S. The van der Waals surface area contributed by atoms with E-state index in [0.717, 1.165) is 15.4 Å². The van der Waals surface area contributed by atoms with Gasteiger partial charge in [0, 0.05) is 22.6 Å². The number of anilines is 1. The molecule has 0 saturated heterocycles. The van der Waals surface area contributed by atoms with Crippen LogP contribution in [0.2, 0.25) is 10.0 Å². The van der Waals surface area contributed by atoms with Crippen LogP contribution in [0.4, 0.5) is 5.69 Å². The second-order valence-corrected chi connectivity index (χ2v) is 12.0. The van der Waals surface area contributed by atoms with Crippen molar-refractivity contribution in [2.75, 3.05) is 10.8 Å². The maximum Gasteiger partial charge on any atom is 0.264 e. The minimum atomic E-state index is -4.15. The molecule has 1 atom stereocenters. The lowest BCUT2D eigenvalue weighted by Crippen LogP contribution is -2.52. The molecule has 0 aliphatic heterocycles. The maximum atomic E-state index is 13.8. The highest BCUT2D eigenvalue weighted by Gasteiger charge is 2.32. The molecule has 38 heavy (non-hydrogen) atoms. The monoisotopic (exact) mass is 575 g/mol. The van der Waals surface area contributed by atoms with Gasteiger partial charge in [-0.2, -0.15) is 0 Å². The number of hydrogen-bond donors (Lipinski definition) is 1. The Hall–Kier alpha value is -3.07. The van der Waals surface area contributed by atoms with E-state index in [0.29, 0.717) is 15.7 Å². The minimum Gasteiger partial charge on any atom is -0.352 e. The smallest absolute Gasteiger partial charge is 0.264 e. The fourth-order valence-electron chi connectivity index (χ4n) is 3.82. The van der Waals surface area contributed by atoms with Crippen molar-refractivity contribution in [2.24, 2.45) is 0 Å². The van der Waals surface area contributed by atoms with Crippen molar-refractivity contribution < 1.29 is 18.0 Å². The molecule has 0 aliphatic carbocycles. The third kappa shape index (κ3) is 7.49. The van der Waals surface area contributed by atoms with Crippen molar-refractivity contribution in [2.45, 2.75) is 51.2 Å². The lowest BCUT2D eigenvalue weighted by molar-refractivity contribution is -0.139. The second-order valence-electron chi connectivity index (χ2n) is 9.29. The normalized spacial score (nSPS) is 12.2. The molecule has 0 unspecified atom stereocenters. The molecule has 0 saturated carbocycles. The third-order valence-electron chi connectivity index (χ3n) is 5.83. The molecule has 0 radical (unpaired) electrons. The van der Waals surface area contributed by atoms with Crippen LogP contribution in [0.25, 0.3) is 0 Å². The zero-order valence-electron chi connectivity index (χ0n) is 21.7. The van der Waals surface area contributed by atoms with Crippen molar-refractivity contribution in [3.8, 4) is 0 Å². The first-order chi connectivity index (χ1) is 17.9. The Kier molecular flexibility index (Phi) is 9.82. The fourth-order valence-corrected chi connectivity index (χ4v) is 5.48. The predicted octanol–water partition coefficient (Wildman–Crippen LogP) is 5.44. The van der Waals surface area contributed by atoms with Gasteiger partial charge in [-0.05, 0) is 87.4 Å². The highest BCUT2D eigenvalue weighted by molar-refractivity contribution is 7.92. The maximum absolute atomic E-state index is 13.8. The van der Waals surface area contributed by atoms with Gasteiger partial charge >= 0.3 is 0 Å². The first kappa shape index (κ1) is 29.5. The van der Waals surface area contributed by atoms with Crippen LogP contribution in [0.5, 0.6) is 0 Å². The van der Waals surface area contributed by atoms with Gasteiger partial charge in [-0.3, -0.25) is 13.9 Å². The number of aryl methyl sites for hydroxylation is 1. The molecule has 0 aliphatic rings. The Morgan fingerprint density at radius 2 is 1.47 bits per heavy atom. The van der Waals surface area contributed by atoms with Crippen LogP contribution in [-0.2, 0) is 26.2 Å². The summed E-state index contributed by atoms with van der Waals surface area (Å²) in [5, 5.41) is 3.76. The SMILES string of the molecule is Cc1cccc(N(CC(=O)N(Cc2ccc(Cl)cc2)[C@H](C)C(=O)NC(C)C)S(=O)(=O)c2ccc(Cl)cc2)c1. The molecule has 2 amide bonds. The minimum absolute atomic E-state index is 0.00828. The molecule has 10 heteroatoms. The average molecular weight is 577 g/mol. The van der Waals surface area contributed by atoms with Crippen molar-refractivity contribution in [1.82, 2.24) is 10.2 Å². The number of nitrogens with one attached hydrogen (secondary N) is 1. The van der Waals surface area contributed by atoms with E-state index < -0.39 is 28.5 Å². The predicted molar refractivity (Wildman–Crippen MR) is 152 cm³/mol. The third-order valence-corrected chi connectivity index (χ3v) is 8.13. The van der Waals surface area contributed by atoms with Crippen LogP contribution in [0.1, 0.15) is 31.9 Å². The van der Waals surface area contributed by atoms with Crippen molar-refractivity contribution >= 4 is 50.7 Å². The number of amides is 2. The van der Waals surface area contributed by atoms with Crippen LogP contribution in [0.15, 0.2) is 77.7 Å². The molecule has 0 bridgehead atoms. The average Bonchev–Trinajstić information content (AvgIpc) is 2.86. The number of benzene rings is 3. The van der Waals surface area contributed by atoms with Crippen molar-refractivity contribution in [3.05, 3.63) is 94.0 Å². The number of halogens is 2. The van der Waals surface area contributed by atoms with E-state index in [2.05, 4.69) is 5.32 Å². The molecule has 7 nitrogen and oxygen atoms in total. The Morgan fingerprint density at radius 1 is 0.895 bits per heavy atom. The van der Waals surface area contributed by atoms with E-state index in [4.69, 9.17) is 23.2 Å². The van der Waals surface area contributed by atoms with Gasteiger partial charge in [0.1, 0.15) is 12.6 Å². The van der Waals surface area contributed by atoms with Gasteiger partial charge in [0.05, 0.1) is 10.6 Å². The van der Waals surface area contributed by atoms with Gasteiger partial charge in [-0.15, -0.1) is 0 Å². The zero-order chi connectivity index (χ0) is 28.0. The first-order valence-electron chi connectivity index (χ1n) is 12.1. The van der Waals surface area contributed by atoms with Crippen LogP contribution in [0.3, 0.4) is 0 Å². The summed E-state index contributed by atoms with van der Waals surface area (Å²) in [6.07, 6.45) is 0. The molecule has 1 N–H and O–H groups in total. The summed E-state index contributed by atoms with van der Waals surface area (Å²) in [5.74, 6) is -0.879. The van der Waals surface area contributed by atoms with Crippen LogP contribution in [-0.4, -0.2) is 43.8 Å². The topological polar surface area (TPSA) is 86.8 Å². The Morgan fingerprint density at radius 3 is 2.03 bits per heavy atom. The largest absolute Gasteiger partial charge is 0.352 e. The first-order valence-corrected chi connectivity index (χ1v) is 14.3. The Balaban J connectivity index is 2.03. The molecule has 0 aromatic heterocycles. The summed E-state index contributed by atoms with van der Waals surface area (Å²) in [5.41, 5.74) is 1.91. The number of rotatable bonds is 10. The molecule has 0 fully saturated rings. The molecule has 0 heterocycles. The van der Waals surface area contributed by atoms with Crippen LogP contribution in [0, 0.1) is 6.92 Å². The number of carbonyl (C=O) groups excluding carboxylic acids is 2. The summed E-state index contributed by atoms with van der Waals surface area (Å²) < 4.78 is 28.6. The summed E-state index contributed by atoms with van der Waals surface area (Å²) in [6, 6.07) is 18.6. The Bertz CT molecular complexity index is 1380. The Labute approximate surface area is 234 Å². The van der Waals surface area contributed by atoms with E-state index in [1.807, 2.05) is 26.8 Å². The van der Waals surface area contributed by atoms with E-state index in [1.165, 1.54) is 29.2 Å². The van der Waals surface area contributed by atoms with Gasteiger partial charge in [0.2, 0.25) is 11.8 Å². The van der Waals surface area contributed by atoms with Crippen molar-refractivity contribution in [1.29, 1.82) is 0 Å². The summed E-state index contributed by atoms with van der Waals surface area (Å²) in [6.45, 7) is 6.69. The van der Waals surface area contributed by atoms with Gasteiger partial charge < -0.3 is 10.2 Å². The van der Waals surface area contributed by atoms with Crippen molar-refractivity contribution in [3.63, 3.8) is 0 Å². The summed E-state index contributed by atoms with van der Waals surface area (Å²) in [4.78, 5) is 28.1. The molecule has 0 spiro atoms. The number of sulfonamides is 1. The number of hydrogen-bond acceptors (Lipinski definition) is 4. The van der Waals surface area contributed by atoms with E-state index >= 15 is 0 Å². The summed E-state index contributed by atoms with van der Waals surface area (Å²) in [7, 11) is -4.15. The summed E-state index contributed by atoms with van der Waals surface area (Å²) >= 11 is 12.0. The molecule has 3 rings (SSSR count). The lowest BCUT2D eigenvalue weighted by Gasteiger charge is -2.32. The van der Waals surface area contributed by atoms with Gasteiger partial charge in [0.15, 0.2) is 0 Å². The number of carbonyl (C=O) groups is 2. The van der Waals surface area contributed by atoms with E-state index in [1.54, 1.807) is 49.4 Å². The molecular weight excluding hydrogens is 545 g/mol. The van der Waals surface area contributed by atoms with Crippen LogP contribution >= 0.6 is 23.2 Å². The van der Waals surface area contributed by atoms with Gasteiger partial charge in [-0.1, -0.05) is 47.5 Å². The zero-order valence-corrected chi connectivity index (χ0v) is 24.0. The van der Waals surface area contributed by atoms with E-state index in [9.17, 15) is 18.0 Å². The lowest BCUT2D eigenvalue weighted by atomic mass is 10.1. The molecule has 3 aromatic carbocycles. The van der Waals surface area contributed by atoms with Gasteiger partial charge in [0.25, 0.3) is 10.0 Å². The quantitative estimate of drug-likeness (QED) is 0.348. The fraction of sp³-hybridized carbons (Fsp3) is 0.286. The highest BCUT2D eigenvalue weighted by Crippen LogP contribution is 2.26. The highest BCUT2D eigenvalue weighted by atomic mass is 35.5. The molecule has 202 valence electrons. The second kappa shape index (κ2) is 12.7. The van der Waals surface area contributed by atoms with Gasteiger partial charge in [-0.25, -0.2) is 8.42 Å². The molecule has 3 aromatic rings. The van der Waals surface area contributed by atoms with Crippen LogP contribution < -0.4 is 9.62 Å². The number of nitrogens with zero attached hydrogens (tertiary/aromatic N) is 2. The van der Waals surface area contributed by atoms with E-state index in [-0.39, 0.29) is 23.4 Å².